The Morgan fingerprint density at radius 2 is 0.842 bits per heavy atom. The molecule has 0 spiro atoms. The first-order chi connectivity index (χ1) is 8.41. The van der Waals surface area contributed by atoms with E-state index in [2.05, 4.69) is 39.8 Å². The van der Waals surface area contributed by atoms with Gasteiger partial charge in [0.15, 0.2) is 0 Å². The van der Waals surface area contributed by atoms with Crippen LogP contribution in [0.25, 0.3) is 0 Å². The Morgan fingerprint density at radius 1 is 0.684 bits per heavy atom. The van der Waals surface area contributed by atoms with Crippen molar-refractivity contribution in [1.29, 1.82) is 0 Å². The van der Waals surface area contributed by atoms with E-state index in [9.17, 15) is 0 Å². The van der Waals surface area contributed by atoms with E-state index in [-0.39, 0.29) is 116 Å². The van der Waals surface area contributed by atoms with Crippen molar-refractivity contribution in [3.8, 4) is 0 Å². The van der Waals surface area contributed by atoms with Crippen molar-refractivity contribution in [3.05, 3.63) is 26.0 Å². The Bertz CT molecular complexity index is 62.0. The second kappa shape index (κ2) is 42.9. The molecular formula is C17H36Rb2. The van der Waals surface area contributed by atoms with Crippen LogP contribution in [-0.4, -0.2) is 0 Å². The second-order valence-corrected chi connectivity index (χ2v) is 3.85. The third-order valence-electron chi connectivity index (χ3n) is 2.13. The van der Waals surface area contributed by atoms with Gasteiger partial charge in [-0.1, -0.05) is 59.8 Å². The van der Waals surface area contributed by atoms with Crippen molar-refractivity contribution in [2.45, 2.75) is 85.5 Å². The fourth-order valence-corrected chi connectivity index (χ4v) is 1.44. The maximum Gasteiger partial charge on any atom is 1.00 e. The molecule has 0 atom stereocenters. The van der Waals surface area contributed by atoms with Gasteiger partial charge in [0.2, 0.25) is 0 Å². The molecule has 0 saturated heterocycles. The molecule has 2 aliphatic rings. The average molecular weight is 411 g/mol. The van der Waals surface area contributed by atoms with E-state index < -0.39 is 0 Å². The van der Waals surface area contributed by atoms with E-state index in [1.165, 1.54) is 57.8 Å². The molecule has 0 amide bonds. The van der Waals surface area contributed by atoms with Gasteiger partial charge in [0.05, 0.1) is 0 Å². The summed E-state index contributed by atoms with van der Waals surface area (Å²) in [6.45, 7) is 14.2. The summed E-state index contributed by atoms with van der Waals surface area (Å²) in [6.07, 6.45) is 17.2. The third kappa shape index (κ3) is 44.9. The van der Waals surface area contributed by atoms with Crippen LogP contribution in [-0.2, 0) is 0 Å². The maximum atomic E-state index is 3.00. The fraction of sp³-hybridized carbons (Fsp3) is 0.765. The fourth-order valence-electron chi connectivity index (χ4n) is 1.44. The molecule has 2 fully saturated rings. The van der Waals surface area contributed by atoms with Crippen LogP contribution in [0.4, 0.5) is 0 Å². The van der Waals surface area contributed by atoms with Crippen molar-refractivity contribution in [2.24, 2.45) is 0 Å². The second-order valence-electron chi connectivity index (χ2n) is 3.85. The van der Waals surface area contributed by atoms with Crippen LogP contribution in [0, 0.1) is 12.8 Å². The van der Waals surface area contributed by atoms with Crippen molar-refractivity contribution in [2.75, 3.05) is 0 Å². The van der Waals surface area contributed by atoms with Gasteiger partial charge in [0.1, 0.15) is 0 Å². The SMILES string of the molecule is C=C.CC.CCC.[CH-]1CCCC1.[CH-]1CCCC1.[Rb+].[Rb+]. The monoisotopic (exact) mass is 410 g/mol. The normalized spacial score (nSPS) is 14.1. The first-order valence-electron chi connectivity index (χ1n) is 7.55. The zero-order valence-corrected chi connectivity index (χ0v) is 24.8. The Labute approximate surface area is 222 Å². The zero-order valence-electron chi connectivity index (χ0n) is 14.9. The molecule has 0 bridgehead atoms. The predicted octanol–water partition coefficient (Wildman–Crippen LogP) is 0.782. The van der Waals surface area contributed by atoms with Crippen molar-refractivity contribution >= 4 is 0 Å². The summed E-state index contributed by atoms with van der Waals surface area (Å²) in [5.74, 6) is 0. The molecular weight excluding hydrogens is 375 g/mol. The van der Waals surface area contributed by atoms with Crippen LogP contribution in [0.1, 0.15) is 85.5 Å². The molecule has 19 heavy (non-hydrogen) atoms. The van der Waals surface area contributed by atoms with E-state index in [0.29, 0.717) is 0 Å². The summed E-state index contributed by atoms with van der Waals surface area (Å²) < 4.78 is 0. The number of rotatable bonds is 0. The quantitative estimate of drug-likeness (QED) is 0.408. The summed E-state index contributed by atoms with van der Waals surface area (Å²) in [5.41, 5.74) is 0. The van der Waals surface area contributed by atoms with Gasteiger partial charge in [-0.05, 0) is 0 Å². The van der Waals surface area contributed by atoms with Gasteiger partial charge >= 0.3 is 116 Å². The van der Waals surface area contributed by atoms with Crippen LogP contribution in [0.15, 0.2) is 13.2 Å². The molecule has 0 heterocycles. The average Bonchev–Trinajstić information content (AvgIpc) is 3.13. The Balaban J connectivity index is -0.0000000447. The van der Waals surface area contributed by atoms with E-state index >= 15 is 0 Å². The summed E-state index contributed by atoms with van der Waals surface area (Å²) >= 11 is 0. The predicted molar refractivity (Wildman–Crippen MR) is 84.1 cm³/mol. The molecule has 0 aromatic carbocycles. The Kier molecular flexibility index (Phi) is 76.5. The molecule has 2 saturated carbocycles. The third-order valence-corrected chi connectivity index (χ3v) is 2.13. The van der Waals surface area contributed by atoms with Gasteiger partial charge in [-0.15, -0.1) is 13.2 Å². The van der Waals surface area contributed by atoms with Gasteiger partial charge in [-0.25, -0.2) is 0 Å². The van der Waals surface area contributed by atoms with Crippen molar-refractivity contribution in [3.63, 3.8) is 0 Å². The van der Waals surface area contributed by atoms with Gasteiger partial charge < -0.3 is 12.8 Å². The Hall–Kier alpha value is 3.35. The van der Waals surface area contributed by atoms with Crippen LogP contribution in [0.2, 0.25) is 0 Å². The first-order valence-corrected chi connectivity index (χ1v) is 7.55. The zero-order chi connectivity index (χ0) is 13.8. The summed E-state index contributed by atoms with van der Waals surface area (Å²) in [5, 5.41) is 0. The topological polar surface area (TPSA) is 0 Å². The standard InChI is InChI=1S/2C5H9.C3H8.C2H6.C2H4.2Rb/c2*1-2-4-5-3-1;1-3-2;2*1-2;;/h2*1H,2-5H2;3H2,1-2H3;1-2H3;1-2H2;;/q2*-1;;;;2*+1. The molecule has 0 aromatic rings. The molecule has 0 aromatic heterocycles. The van der Waals surface area contributed by atoms with Crippen molar-refractivity contribution < 1.29 is 116 Å². The number of hydrogen-bond acceptors (Lipinski definition) is 0. The maximum absolute atomic E-state index is 3.00. The molecule has 2 heteroatoms. The van der Waals surface area contributed by atoms with Crippen LogP contribution in [0.3, 0.4) is 0 Å². The first kappa shape index (κ1) is 33.8. The molecule has 0 aliphatic heterocycles. The summed E-state index contributed by atoms with van der Waals surface area (Å²) in [4.78, 5) is 0. The molecule has 2 aliphatic carbocycles. The van der Waals surface area contributed by atoms with Crippen LogP contribution < -0.4 is 116 Å². The van der Waals surface area contributed by atoms with Gasteiger partial charge in [-0.3, -0.25) is 0 Å². The van der Waals surface area contributed by atoms with Gasteiger partial charge in [0, 0.05) is 0 Å². The van der Waals surface area contributed by atoms with E-state index in [1.807, 2.05) is 13.8 Å². The summed E-state index contributed by atoms with van der Waals surface area (Å²) in [7, 11) is 0. The largest absolute Gasteiger partial charge is 1.00 e. The minimum Gasteiger partial charge on any atom is -0.328 e. The van der Waals surface area contributed by atoms with Crippen LogP contribution in [0.5, 0.6) is 0 Å². The molecule has 0 radical (unpaired) electrons. The summed E-state index contributed by atoms with van der Waals surface area (Å²) in [6, 6.07) is 0. The minimum absolute atomic E-state index is 0. The number of hydrogen-bond donors (Lipinski definition) is 0. The molecule has 2 rings (SSSR count). The molecule has 0 N–H and O–H groups in total. The molecule has 106 valence electrons. The smallest absolute Gasteiger partial charge is 0.328 e. The van der Waals surface area contributed by atoms with Crippen LogP contribution >= 0.6 is 0 Å². The van der Waals surface area contributed by atoms with Gasteiger partial charge in [-0.2, -0.15) is 25.7 Å². The van der Waals surface area contributed by atoms with E-state index in [4.69, 9.17) is 0 Å². The molecule has 0 nitrogen and oxygen atoms in total. The van der Waals surface area contributed by atoms with E-state index in [0.717, 1.165) is 0 Å². The minimum atomic E-state index is 0. The van der Waals surface area contributed by atoms with Gasteiger partial charge in [0.25, 0.3) is 0 Å². The molecule has 0 unspecified atom stereocenters. The van der Waals surface area contributed by atoms with Crippen molar-refractivity contribution in [1.82, 2.24) is 0 Å². The Morgan fingerprint density at radius 3 is 0.895 bits per heavy atom. The van der Waals surface area contributed by atoms with E-state index in [1.54, 1.807) is 0 Å².